The third kappa shape index (κ3) is 2.10. The van der Waals surface area contributed by atoms with Gasteiger partial charge in [0, 0.05) is 18.4 Å². The average Bonchev–Trinajstić information content (AvgIpc) is 2.80. The van der Waals surface area contributed by atoms with Gasteiger partial charge < -0.3 is 15.1 Å². The fraction of sp³-hybridized carbons (Fsp3) is 0.583. The van der Waals surface area contributed by atoms with Gasteiger partial charge in [0.15, 0.2) is 6.10 Å². The molecule has 2 heterocycles. The molecule has 0 unspecified atom stereocenters. The summed E-state index contributed by atoms with van der Waals surface area (Å²) in [5.74, 6) is -1.21. The third-order valence-electron chi connectivity index (χ3n) is 3.85. The van der Waals surface area contributed by atoms with Crippen LogP contribution in [0.25, 0.3) is 0 Å². The predicted molar refractivity (Wildman–Crippen MR) is 63.0 cm³/mol. The molecule has 0 radical (unpaired) electrons. The van der Waals surface area contributed by atoms with Gasteiger partial charge in [-0.3, -0.25) is 9.48 Å². The predicted octanol–water partition coefficient (Wildman–Crippen LogP) is -0.682. The van der Waals surface area contributed by atoms with Crippen molar-refractivity contribution >= 4 is 11.9 Å². The minimum Gasteiger partial charge on any atom is -0.480 e. The Bertz CT molecular complexity index is 501. The number of aromatic nitrogens is 2. The Morgan fingerprint density at radius 2 is 2.21 bits per heavy atom. The molecule has 7 heteroatoms. The van der Waals surface area contributed by atoms with Crippen LogP contribution in [0.5, 0.6) is 0 Å². The van der Waals surface area contributed by atoms with Crippen LogP contribution >= 0.6 is 0 Å². The van der Waals surface area contributed by atoms with Crippen LogP contribution in [-0.4, -0.2) is 55.0 Å². The monoisotopic (exact) mass is 265 g/mol. The number of carbonyl (C=O) groups is 2. The van der Waals surface area contributed by atoms with Gasteiger partial charge in [-0.1, -0.05) is 0 Å². The number of aliphatic hydroxyl groups is 1. The van der Waals surface area contributed by atoms with Crippen molar-refractivity contribution in [3.63, 3.8) is 0 Å². The first kappa shape index (κ1) is 12.2. The number of hydrogen-bond acceptors (Lipinski definition) is 4. The number of fused-ring (bicyclic) bond motifs is 1. The summed E-state index contributed by atoms with van der Waals surface area (Å²) in [6.45, 7) is 0.0477. The van der Waals surface area contributed by atoms with Gasteiger partial charge in [0.1, 0.15) is 6.04 Å². The molecule has 2 N–H and O–H groups in total. The van der Waals surface area contributed by atoms with E-state index in [4.69, 9.17) is 5.11 Å². The summed E-state index contributed by atoms with van der Waals surface area (Å²) in [7, 11) is 0. The Morgan fingerprint density at radius 1 is 1.42 bits per heavy atom. The van der Waals surface area contributed by atoms with Gasteiger partial charge in [0.2, 0.25) is 0 Å². The van der Waals surface area contributed by atoms with Gasteiger partial charge >= 0.3 is 5.97 Å². The number of carbonyl (C=O) groups excluding carboxylic acids is 1. The lowest BCUT2D eigenvalue weighted by Gasteiger charge is -2.26. The second-order valence-electron chi connectivity index (χ2n) is 5.14. The second kappa shape index (κ2) is 4.34. The molecule has 7 nitrogen and oxygen atoms in total. The van der Waals surface area contributed by atoms with Crippen molar-refractivity contribution in [2.24, 2.45) is 5.92 Å². The molecule has 4 atom stereocenters. The molecule has 3 rings (SSSR count). The van der Waals surface area contributed by atoms with Gasteiger partial charge in [0.25, 0.3) is 5.91 Å². The number of carboxylic acids is 1. The van der Waals surface area contributed by atoms with E-state index in [1.54, 1.807) is 18.5 Å². The van der Waals surface area contributed by atoms with Crippen LogP contribution in [0.1, 0.15) is 12.8 Å². The summed E-state index contributed by atoms with van der Waals surface area (Å²) in [6.07, 6.45) is 3.31. The van der Waals surface area contributed by atoms with Crippen molar-refractivity contribution in [2.75, 3.05) is 0 Å². The average molecular weight is 265 g/mol. The molecule has 1 saturated carbocycles. The van der Waals surface area contributed by atoms with E-state index < -0.39 is 24.0 Å². The molecule has 2 aliphatic rings. The zero-order valence-corrected chi connectivity index (χ0v) is 10.2. The van der Waals surface area contributed by atoms with E-state index in [0.717, 1.165) is 6.42 Å². The van der Waals surface area contributed by atoms with Crippen molar-refractivity contribution in [3.05, 3.63) is 18.5 Å². The number of carboxylic acid groups (broad SMARTS) is 1. The number of rotatable bonds is 4. The SMILES string of the molecule is O=C(O)[C@@H]1C[C@@H]2C[C@@H]2N1C(=O)[C@H](O)Cn1cccn1. The minimum absolute atomic E-state index is 0.000807. The Labute approximate surface area is 109 Å². The van der Waals surface area contributed by atoms with Crippen LogP contribution in [0, 0.1) is 5.92 Å². The lowest BCUT2D eigenvalue weighted by Crippen LogP contribution is -2.48. The van der Waals surface area contributed by atoms with Crippen molar-refractivity contribution in [3.8, 4) is 0 Å². The van der Waals surface area contributed by atoms with Gasteiger partial charge in [-0.15, -0.1) is 0 Å². The van der Waals surface area contributed by atoms with E-state index in [0.29, 0.717) is 12.3 Å². The van der Waals surface area contributed by atoms with Crippen LogP contribution in [-0.2, 0) is 16.1 Å². The van der Waals surface area contributed by atoms with Crippen molar-refractivity contribution in [1.29, 1.82) is 0 Å². The quantitative estimate of drug-likeness (QED) is 0.752. The molecule has 0 spiro atoms. The fourth-order valence-electron chi connectivity index (χ4n) is 2.83. The molecule has 1 aromatic heterocycles. The lowest BCUT2D eigenvalue weighted by atomic mass is 10.1. The minimum atomic E-state index is -1.25. The van der Waals surface area contributed by atoms with Crippen molar-refractivity contribution in [2.45, 2.75) is 37.6 Å². The van der Waals surface area contributed by atoms with Crippen LogP contribution in [0.2, 0.25) is 0 Å². The van der Waals surface area contributed by atoms with Crippen molar-refractivity contribution < 1.29 is 19.8 Å². The standard InChI is InChI=1S/C12H15N3O4/c16-10(6-14-3-1-2-13-14)11(17)15-8-4-7(8)5-9(15)12(18)19/h1-3,7-10,16H,4-6H2,(H,18,19)/t7-,8-,9-,10+/m0/s1. The van der Waals surface area contributed by atoms with Gasteiger partial charge in [-0.2, -0.15) is 5.10 Å². The van der Waals surface area contributed by atoms with E-state index >= 15 is 0 Å². The number of aliphatic hydroxyl groups excluding tert-OH is 1. The molecule has 0 aromatic carbocycles. The van der Waals surface area contributed by atoms with Crippen LogP contribution < -0.4 is 0 Å². The van der Waals surface area contributed by atoms with Crippen molar-refractivity contribution in [1.82, 2.24) is 14.7 Å². The number of piperidine rings is 1. The summed E-state index contributed by atoms with van der Waals surface area (Å²) in [4.78, 5) is 24.7. The molecule has 102 valence electrons. The first-order valence-electron chi connectivity index (χ1n) is 6.28. The number of nitrogens with zero attached hydrogens (tertiary/aromatic N) is 3. The Kier molecular flexibility index (Phi) is 2.78. The van der Waals surface area contributed by atoms with Crippen LogP contribution in [0.4, 0.5) is 0 Å². The zero-order chi connectivity index (χ0) is 13.6. The molecule has 1 saturated heterocycles. The molecule has 2 fully saturated rings. The summed E-state index contributed by atoms with van der Waals surface area (Å²) in [5, 5.41) is 23.0. The van der Waals surface area contributed by atoms with E-state index in [1.807, 2.05) is 0 Å². The number of aliphatic carboxylic acids is 1. The molecule has 19 heavy (non-hydrogen) atoms. The highest BCUT2D eigenvalue weighted by atomic mass is 16.4. The Hall–Kier alpha value is -1.89. The van der Waals surface area contributed by atoms with E-state index in [-0.39, 0.29) is 12.6 Å². The first-order valence-corrected chi connectivity index (χ1v) is 6.28. The lowest BCUT2D eigenvalue weighted by molar-refractivity contribution is -0.153. The van der Waals surface area contributed by atoms with Crippen LogP contribution in [0.3, 0.4) is 0 Å². The van der Waals surface area contributed by atoms with E-state index in [2.05, 4.69) is 5.10 Å². The maximum Gasteiger partial charge on any atom is 0.326 e. The molecule has 1 amide bonds. The second-order valence-corrected chi connectivity index (χ2v) is 5.14. The largest absolute Gasteiger partial charge is 0.480 e. The first-order chi connectivity index (χ1) is 9.08. The number of amides is 1. The van der Waals surface area contributed by atoms with Gasteiger partial charge in [-0.05, 0) is 24.8 Å². The molecular formula is C12H15N3O4. The zero-order valence-electron chi connectivity index (χ0n) is 10.2. The Balaban J connectivity index is 1.70. The van der Waals surface area contributed by atoms with Gasteiger partial charge in [-0.25, -0.2) is 4.79 Å². The molecular weight excluding hydrogens is 250 g/mol. The van der Waals surface area contributed by atoms with E-state index in [9.17, 15) is 14.7 Å². The molecule has 1 aliphatic carbocycles. The third-order valence-corrected chi connectivity index (χ3v) is 3.85. The molecule has 1 aromatic rings. The fourth-order valence-corrected chi connectivity index (χ4v) is 2.83. The van der Waals surface area contributed by atoms with Gasteiger partial charge in [0.05, 0.1) is 6.54 Å². The highest BCUT2D eigenvalue weighted by Gasteiger charge is 2.56. The summed E-state index contributed by atoms with van der Waals surface area (Å²) in [6, 6.07) is 0.911. The highest BCUT2D eigenvalue weighted by Crippen LogP contribution is 2.48. The molecule has 0 bridgehead atoms. The number of hydrogen-bond donors (Lipinski definition) is 2. The smallest absolute Gasteiger partial charge is 0.326 e. The molecule has 1 aliphatic heterocycles. The summed E-state index contributed by atoms with van der Waals surface area (Å²) >= 11 is 0. The maximum absolute atomic E-state index is 12.2. The van der Waals surface area contributed by atoms with Crippen LogP contribution in [0.15, 0.2) is 18.5 Å². The normalized spacial score (nSPS) is 29.9. The number of likely N-dealkylation sites (tertiary alicyclic amines) is 1. The van der Waals surface area contributed by atoms with E-state index in [1.165, 1.54) is 9.58 Å². The summed E-state index contributed by atoms with van der Waals surface area (Å²) < 4.78 is 1.46. The maximum atomic E-state index is 12.2. The topological polar surface area (TPSA) is 95.7 Å². The highest BCUT2D eigenvalue weighted by molar-refractivity contribution is 5.87. The Morgan fingerprint density at radius 3 is 2.84 bits per heavy atom. The summed E-state index contributed by atoms with van der Waals surface area (Å²) in [5.41, 5.74) is 0.